The maximum absolute atomic E-state index is 14.4. The lowest BCUT2D eigenvalue weighted by Crippen LogP contribution is -2.22. The van der Waals surface area contributed by atoms with Gasteiger partial charge in [-0.15, -0.1) is 11.3 Å². The minimum atomic E-state index is -0.317. The molecule has 0 saturated carbocycles. The van der Waals surface area contributed by atoms with Crippen molar-refractivity contribution in [1.82, 2.24) is 5.32 Å². The Kier molecular flexibility index (Phi) is 5.61. The second-order valence-corrected chi connectivity index (χ2v) is 6.86. The highest BCUT2D eigenvalue weighted by molar-refractivity contribution is 9.11. The van der Waals surface area contributed by atoms with Gasteiger partial charge in [-0.3, -0.25) is 0 Å². The summed E-state index contributed by atoms with van der Waals surface area (Å²) in [4.78, 5) is 1.04. The molecular weight excluding hydrogens is 357 g/mol. The number of benzene rings is 1. The Balaban J connectivity index is 2.49. The molecule has 0 aliphatic carbocycles. The predicted octanol–water partition coefficient (Wildman–Crippen LogP) is 4.37. The van der Waals surface area contributed by atoms with Crippen LogP contribution in [0.5, 0.6) is 11.5 Å². The van der Waals surface area contributed by atoms with Crippen LogP contribution in [0.2, 0.25) is 0 Å². The number of ether oxygens (including phenoxy) is 2. The molecule has 1 atom stereocenters. The van der Waals surface area contributed by atoms with Crippen molar-refractivity contribution in [2.24, 2.45) is 0 Å². The van der Waals surface area contributed by atoms with Crippen molar-refractivity contribution < 1.29 is 13.9 Å². The number of hydrogen-bond acceptors (Lipinski definition) is 4. The van der Waals surface area contributed by atoms with Crippen LogP contribution in [0.4, 0.5) is 4.39 Å². The standard InChI is InChI=1S/C15H17BrFNO2S/c1-4-18-15(13-5-6-14(16)21-13)9-7-11(19-2)12(20-3)8-10(9)17/h5-8,15,18H,4H2,1-3H3. The largest absolute Gasteiger partial charge is 0.493 e. The lowest BCUT2D eigenvalue weighted by molar-refractivity contribution is 0.351. The minimum absolute atomic E-state index is 0.217. The van der Waals surface area contributed by atoms with Crippen molar-refractivity contribution in [2.75, 3.05) is 20.8 Å². The summed E-state index contributed by atoms with van der Waals surface area (Å²) < 4.78 is 25.9. The second kappa shape index (κ2) is 7.24. The van der Waals surface area contributed by atoms with E-state index in [0.717, 1.165) is 15.2 Å². The van der Waals surface area contributed by atoms with E-state index in [1.54, 1.807) is 24.5 Å². The van der Waals surface area contributed by atoms with Gasteiger partial charge in [0.2, 0.25) is 0 Å². The van der Waals surface area contributed by atoms with Crippen LogP contribution < -0.4 is 14.8 Å². The monoisotopic (exact) mass is 373 g/mol. The normalized spacial score (nSPS) is 12.2. The maximum atomic E-state index is 14.4. The van der Waals surface area contributed by atoms with E-state index in [4.69, 9.17) is 9.47 Å². The first-order valence-corrected chi connectivity index (χ1v) is 8.11. The Morgan fingerprint density at radius 3 is 2.43 bits per heavy atom. The summed E-state index contributed by atoms with van der Waals surface area (Å²) in [5.41, 5.74) is 0.545. The summed E-state index contributed by atoms with van der Waals surface area (Å²) in [6.45, 7) is 2.72. The third kappa shape index (κ3) is 3.56. The van der Waals surface area contributed by atoms with Crippen molar-refractivity contribution in [3.05, 3.63) is 44.3 Å². The lowest BCUT2D eigenvalue weighted by Gasteiger charge is -2.19. The molecule has 0 aliphatic heterocycles. The molecule has 0 fully saturated rings. The van der Waals surface area contributed by atoms with E-state index in [9.17, 15) is 4.39 Å². The van der Waals surface area contributed by atoms with Crippen LogP contribution in [0.1, 0.15) is 23.4 Å². The van der Waals surface area contributed by atoms with Gasteiger partial charge in [0, 0.05) is 16.5 Å². The molecule has 2 aromatic rings. The second-order valence-electron chi connectivity index (χ2n) is 4.36. The number of methoxy groups -OCH3 is 2. The fraction of sp³-hybridized carbons (Fsp3) is 0.333. The van der Waals surface area contributed by atoms with E-state index < -0.39 is 0 Å². The molecular formula is C15H17BrFNO2S. The molecule has 0 amide bonds. The van der Waals surface area contributed by atoms with Gasteiger partial charge in [0.15, 0.2) is 11.5 Å². The Morgan fingerprint density at radius 1 is 1.24 bits per heavy atom. The molecule has 1 heterocycles. The molecule has 1 aromatic carbocycles. The van der Waals surface area contributed by atoms with Gasteiger partial charge in [-0.1, -0.05) is 6.92 Å². The number of nitrogens with one attached hydrogen (secondary N) is 1. The molecule has 0 spiro atoms. The topological polar surface area (TPSA) is 30.5 Å². The molecule has 1 N–H and O–H groups in total. The van der Waals surface area contributed by atoms with Gasteiger partial charge in [0.05, 0.1) is 24.0 Å². The first-order valence-electron chi connectivity index (χ1n) is 6.50. The molecule has 114 valence electrons. The van der Waals surface area contributed by atoms with Crippen molar-refractivity contribution in [1.29, 1.82) is 0 Å². The SMILES string of the molecule is CCNC(c1ccc(Br)s1)c1cc(OC)c(OC)cc1F. The van der Waals surface area contributed by atoms with Gasteiger partial charge in [-0.25, -0.2) is 4.39 Å². The molecule has 2 rings (SSSR count). The van der Waals surface area contributed by atoms with E-state index in [1.807, 2.05) is 19.1 Å². The van der Waals surface area contributed by atoms with E-state index in [0.29, 0.717) is 17.1 Å². The van der Waals surface area contributed by atoms with Crippen LogP contribution in [0.25, 0.3) is 0 Å². The van der Waals surface area contributed by atoms with Crippen LogP contribution in [0.3, 0.4) is 0 Å². The zero-order valence-corrected chi connectivity index (χ0v) is 14.5. The zero-order valence-electron chi connectivity index (χ0n) is 12.1. The molecule has 21 heavy (non-hydrogen) atoms. The molecule has 0 bridgehead atoms. The van der Waals surface area contributed by atoms with Gasteiger partial charge in [-0.2, -0.15) is 0 Å². The molecule has 0 radical (unpaired) electrons. The van der Waals surface area contributed by atoms with Crippen molar-refractivity contribution >= 4 is 27.3 Å². The summed E-state index contributed by atoms with van der Waals surface area (Å²) >= 11 is 5.02. The average molecular weight is 374 g/mol. The first-order chi connectivity index (χ1) is 10.1. The maximum Gasteiger partial charge on any atom is 0.163 e. The van der Waals surface area contributed by atoms with Gasteiger partial charge < -0.3 is 14.8 Å². The molecule has 6 heteroatoms. The van der Waals surface area contributed by atoms with Crippen molar-refractivity contribution in [2.45, 2.75) is 13.0 Å². The highest BCUT2D eigenvalue weighted by Crippen LogP contribution is 2.37. The number of hydrogen-bond donors (Lipinski definition) is 1. The molecule has 0 saturated heterocycles. The van der Waals surface area contributed by atoms with E-state index in [2.05, 4.69) is 21.2 Å². The quantitative estimate of drug-likeness (QED) is 0.815. The van der Waals surface area contributed by atoms with Crippen LogP contribution in [0, 0.1) is 5.82 Å². The van der Waals surface area contributed by atoms with E-state index in [1.165, 1.54) is 13.2 Å². The van der Waals surface area contributed by atoms with Crippen molar-refractivity contribution in [3.8, 4) is 11.5 Å². The molecule has 3 nitrogen and oxygen atoms in total. The average Bonchev–Trinajstić information content (AvgIpc) is 2.91. The molecule has 1 unspecified atom stereocenters. The minimum Gasteiger partial charge on any atom is -0.493 e. The predicted molar refractivity (Wildman–Crippen MR) is 87.0 cm³/mol. The third-order valence-corrected chi connectivity index (χ3v) is 4.79. The van der Waals surface area contributed by atoms with E-state index >= 15 is 0 Å². The first kappa shape index (κ1) is 16.3. The van der Waals surface area contributed by atoms with E-state index in [-0.39, 0.29) is 11.9 Å². The van der Waals surface area contributed by atoms with Crippen LogP contribution in [0.15, 0.2) is 28.1 Å². The van der Waals surface area contributed by atoms with Gasteiger partial charge in [0.1, 0.15) is 5.82 Å². The number of thiophene rings is 1. The van der Waals surface area contributed by atoms with Crippen LogP contribution in [-0.2, 0) is 0 Å². The van der Waals surface area contributed by atoms with Gasteiger partial charge in [0.25, 0.3) is 0 Å². The van der Waals surface area contributed by atoms with Crippen LogP contribution in [-0.4, -0.2) is 20.8 Å². The fourth-order valence-corrected chi connectivity index (χ4v) is 3.66. The highest BCUT2D eigenvalue weighted by atomic mass is 79.9. The zero-order chi connectivity index (χ0) is 15.4. The number of halogens is 2. The smallest absolute Gasteiger partial charge is 0.163 e. The molecule has 0 aliphatic rings. The Hall–Kier alpha value is -1.11. The highest BCUT2D eigenvalue weighted by Gasteiger charge is 2.21. The van der Waals surface area contributed by atoms with Crippen molar-refractivity contribution in [3.63, 3.8) is 0 Å². The summed E-state index contributed by atoms with van der Waals surface area (Å²) in [5.74, 6) is 0.594. The fourth-order valence-electron chi connectivity index (χ4n) is 2.14. The third-order valence-electron chi connectivity index (χ3n) is 3.10. The Morgan fingerprint density at radius 2 is 1.90 bits per heavy atom. The number of rotatable bonds is 6. The van der Waals surface area contributed by atoms with Gasteiger partial charge >= 0.3 is 0 Å². The summed E-state index contributed by atoms with van der Waals surface area (Å²) in [5, 5.41) is 3.31. The summed E-state index contributed by atoms with van der Waals surface area (Å²) in [7, 11) is 3.04. The Bertz CT molecular complexity index is 618. The molecule has 1 aromatic heterocycles. The van der Waals surface area contributed by atoms with Crippen LogP contribution >= 0.6 is 27.3 Å². The summed E-state index contributed by atoms with van der Waals surface area (Å²) in [6.07, 6.45) is 0. The van der Waals surface area contributed by atoms with Gasteiger partial charge in [-0.05, 0) is 40.7 Å². The Labute approximate surface area is 136 Å². The summed E-state index contributed by atoms with van der Waals surface area (Å²) in [6, 6.07) is 6.78. The lowest BCUT2D eigenvalue weighted by atomic mass is 10.0.